The van der Waals surface area contributed by atoms with Gasteiger partial charge >= 0.3 is 0 Å². The third kappa shape index (κ3) is 6.62. The predicted molar refractivity (Wildman–Crippen MR) is 130 cm³/mol. The molecule has 1 N–H and O–H groups in total. The highest BCUT2D eigenvalue weighted by Gasteiger charge is 2.13. The maximum atomic E-state index is 12.4. The molecule has 3 rings (SSSR count). The highest BCUT2D eigenvalue weighted by Crippen LogP contribution is 2.30. The van der Waals surface area contributed by atoms with E-state index in [2.05, 4.69) is 10.5 Å². The van der Waals surface area contributed by atoms with Gasteiger partial charge in [-0.1, -0.05) is 22.8 Å². The van der Waals surface area contributed by atoms with E-state index >= 15 is 0 Å². The van der Waals surface area contributed by atoms with Gasteiger partial charge in [-0.15, -0.1) is 0 Å². The number of nitrogens with one attached hydrogen (secondary N) is 1. The Bertz CT molecular complexity index is 1170. The number of likely N-dealkylation sites (N-methyl/N-ethyl adjacent to an activating group) is 1. The largest absolute Gasteiger partial charge is 0.493 e. The Hall–Kier alpha value is -3.78. The third-order valence-corrected chi connectivity index (χ3v) is 5.30. The van der Waals surface area contributed by atoms with Crippen molar-refractivity contribution in [3.05, 3.63) is 76.1 Å². The maximum Gasteiger partial charge on any atom is 0.246 e. The lowest BCUT2D eigenvalue weighted by atomic mass is 10.1. The van der Waals surface area contributed by atoms with Crippen LogP contribution in [0.5, 0.6) is 11.5 Å². The molecule has 0 fully saturated rings. The van der Waals surface area contributed by atoms with Crippen LogP contribution in [0.3, 0.4) is 0 Å². The number of anilines is 1. The molecular formula is C25H26ClN3O5. The van der Waals surface area contributed by atoms with Gasteiger partial charge in [-0.25, -0.2) is 0 Å². The number of carbonyl (C=O) groups excluding carboxylic acids is 2. The van der Waals surface area contributed by atoms with Gasteiger partial charge < -0.3 is 24.2 Å². The minimum Gasteiger partial charge on any atom is -0.493 e. The highest BCUT2D eigenvalue weighted by molar-refractivity contribution is 6.30. The number of hydrogen-bond donors (Lipinski definition) is 1. The third-order valence-electron chi connectivity index (χ3n) is 5.04. The molecule has 2 aromatic carbocycles. The summed E-state index contributed by atoms with van der Waals surface area (Å²) in [7, 11) is 3.10. The van der Waals surface area contributed by atoms with Crippen molar-refractivity contribution in [3.8, 4) is 11.5 Å². The van der Waals surface area contributed by atoms with E-state index in [0.717, 1.165) is 16.8 Å². The minimum atomic E-state index is -0.316. The van der Waals surface area contributed by atoms with E-state index in [1.165, 1.54) is 11.0 Å². The van der Waals surface area contributed by atoms with Crippen LogP contribution in [0.15, 0.2) is 53.1 Å². The highest BCUT2D eigenvalue weighted by atomic mass is 35.5. The summed E-state index contributed by atoms with van der Waals surface area (Å²) in [6, 6.07) is 12.1. The lowest BCUT2D eigenvalue weighted by Crippen LogP contribution is -2.33. The van der Waals surface area contributed by atoms with Gasteiger partial charge in [0.05, 0.1) is 24.9 Å². The Morgan fingerprint density at radius 3 is 2.53 bits per heavy atom. The molecule has 9 heteroatoms. The average Bonchev–Trinajstić information content (AvgIpc) is 3.14. The summed E-state index contributed by atoms with van der Waals surface area (Å²) in [6.45, 7) is 3.90. The van der Waals surface area contributed by atoms with Crippen LogP contribution in [0.25, 0.3) is 6.08 Å². The van der Waals surface area contributed by atoms with E-state index in [-0.39, 0.29) is 18.4 Å². The SMILES string of the molecule is COc1cc(/C=C/C(=O)N(C)CC(=O)Nc2ccc(Cl)cc2)ccc1OCc1c(C)noc1C. The fraction of sp³-hybridized carbons (Fsp3) is 0.240. The topological polar surface area (TPSA) is 93.9 Å². The van der Waals surface area contributed by atoms with Gasteiger partial charge in [-0.05, 0) is 61.9 Å². The maximum absolute atomic E-state index is 12.4. The minimum absolute atomic E-state index is 0.0936. The van der Waals surface area contributed by atoms with Crippen LogP contribution >= 0.6 is 11.6 Å². The number of nitrogens with zero attached hydrogens (tertiary/aromatic N) is 2. The van der Waals surface area contributed by atoms with Crippen molar-refractivity contribution in [2.24, 2.45) is 0 Å². The summed E-state index contributed by atoms with van der Waals surface area (Å²) < 4.78 is 16.5. The molecule has 0 aliphatic heterocycles. The summed E-state index contributed by atoms with van der Waals surface area (Å²) in [5.41, 5.74) is 3.02. The molecule has 0 saturated heterocycles. The van der Waals surface area contributed by atoms with Crippen LogP contribution in [0.1, 0.15) is 22.6 Å². The molecule has 1 heterocycles. The predicted octanol–water partition coefficient (Wildman–Crippen LogP) is 4.64. The molecule has 178 valence electrons. The van der Waals surface area contributed by atoms with Crippen molar-refractivity contribution < 1.29 is 23.6 Å². The molecule has 3 aromatic rings. The number of amides is 2. The molecular weight excluding hydrogens is 458 g/mol. The first-order valence-electron chi connectivity index (χ1n) is 10.5. The first-order chi connectivity index (χ1) is 16.3. The fourth-order valence-corrected chi connectivity index (χ4v) is 3.21. The Morgan fingerprint density at radius 2 is 1.88 bits per heavy atom. The summed E-state index contributed by atoms with van der Waals surface area (Å²) >= 11 is 5.84. The normalized spacial score (nSPS) is 10.9. The monoisotopic (exact) mass is 483 g/mol. The number of halogens is 1. The zero-order chi connectivity index (χ0) is 24.7. The second kappa shape index (κ2) is 11.4. The number of aromatic nitrogens is 1. The molecule has 8 nitrogen and oxygen atoms in total. The van der Waals surface area contributed by atoms with Crippen LogP contribution in [0, 0.1) is 13.8 Å². The van der Waals surface area contributed by atoms with Gasteiger partial charge in [-0.2, -0.15) is 0 Å². The zero-order valence-electron chi connectivity index (χ0n) is 19.4. The number of aryl methyl sites for hydroxylation is 2. The average molecular weight is 484 g/mol. The van der Waals surface area contributed by atoms with Crippen LogP contribution in [-0.4, -0.2) is 42.6 Å². The Kier molecular flexibility index (Phi) is 8.32. The quantitative estimate of drug-likeness (QED) is 0.445. The number of methoxy groups -OCH3 is 1. The molecule has 0 atom stereocenters. The molecule has 34 heavy (non-hydrogen) atoms. The molecule has 0 spiro atoms. The molecule has 0 aliphatic rings. The second-order valence-electron chi connectivity index (χ2n) is 7.58. The number of ether oxygens (including phenoxy) is 2. The van der Waals surface area contributed by atoms with Gasteiger partial charge in [0, 0.05) is 23.8 Å². The number of rotatable bonds is 9. The number of benzene rings is 2. The van der Waals surface area contributed by atoms with E-state index < -0.39 is 0 Å². The summed E-state index contributed by atoms with van der Waals surface area (Å²) in [4.78, 5) is 26.0. The van der Waals surface area contributed by atoms with Crippen LogP contribution in [-0.2, 0) is 16.2 Å². The molecule has 0 bridgehead atoms. The van der Waals surface area contributed by atoms with E-state index in [1.54, 1.807) is 56.6 Å². The molecule has 0 saturated carbocycles. The Morgan fingerprint density at radius 1 is 1.15 bits per heavy atom. The lowest BCUT2D eigenvalue weighted by molar-refractivity contribution is -0.129. The van der Waals surface area contributed by atoms with Crippen LogP contribution < -0.4 is 14.8 Å². The van der Waals surface area contributed by atoms with Crippen LogP contribution in [0.2, 0.25) is 5.02 Å². The van der Waals surface area contributed by atoms with Crippen molar-refractivity contribution >= 4 is 35.2 Å². The van der Waals surface area contributed by atoms with E-state index in [1.807, 2.05) is 19.9 Å². The number of hydrogen-bond acceptors (Lipinski definition) is 6. The van der Waals surface area contributed by atoms with Crippen molar-refractivity contribution in [2.75, 3.05) is 26.0 Å². The van der Waals surface area contributed by atoms with Gasteiger partial charge in [0.2, 0.25) is 11.8 Å². The van der Waals surface area contributed by atoms with Crippen molar-refractivity contribution in [1.29, 1.82) is 0 Å². The van der Waals surface area contributed by atoms with Gasteiger partial charge in [0.15, 0.2) is 11.5 Å². The summed E-state index contributed by atoms with van der Waals surface area (Å²) in [5, 5.41) is 7.22. The summed E-state index contributed by atoms with van der Waals surface area (Å²) in [6.07, 6.45) is 3.05. The Balaban J connectivity index is 1.57. The van der Waals surface area contributed by atoms with E-state index in [4.69, 9.17) is 25.6 Å². The molecule has 1 aromatic heterocycles. The molecule has 0 radical (unpaired) electrons. The smallest absolute Gasteiger partial charge is 0.246 e. The molecule has 2 amide bonds. The van der Waals surface area contributed by atoms with Crippen molar-refractivity contribution in [3.63, 3.8) is 0 Å². The fourth-order valence-electron chi connectivity index (χ4n) is 3.09. The molecule has 0 unspecified atom stereocenters. The zero-order valence-corrected chi connectivity index (χ0v) is 20.2. The summed E-state index contributed by atoms with van der Waals surface area (Å²) in [5.74, 6) is 1.16. The Labute approximate surface area is 203 Å². The van der Waals surface area contributed by atoms with Gasteiger partial charge in [0.1, 0.15) is 12.4 Å². The standard InChI is InChI=1S/C25H26ClN3O5/c1-16-21(17(2)34-28-16)15-33-22-11-5-18(13-23(22)32-4)6-12-25(31)29(3)14-24(30)27-20-9-7-19(26)8-10-20/h5-13H,14-15H2,1-4H3,(H,27,30)/b12-6+. The second-order valence-corrected chi connectivity index (χ2v) is 8.02. The number of carbonyl (C=O) groups is 2. The van der Waals surface area contributed by atoms with Crippen molar-refractivity contribution in [2.45, 2.75) is 20.5 Å². The van der Waals surface area contributed by atoms with Crippen molar-refractivity contribution in [1.82, 2.24) is 10.1 Å². The molecule has 0 aliphatic carbocycles. The lowest BCUT2D eigenvalue weighted by Gasteiger charge is -2.15. The van der Waals surface area contributed by atoms with Gasteiger partial charge in [0.25, 0.3) is 0 Å². The van der Waals surface area contributed by atoms with E-state index in [9.17, 15) is 9.59 Å². The first-order valence-corrected chi connectivity index (χ1v) is 10.9. The van der Waals surface area contributed by atoms with E-state index in [0.29, 0.717) is 34.6 Å². The van der Waals surface area contributed by atoms with Crippen LogP contribution in [0.4, 0.5) is 5.69 Å². The first kappa shape index (κ1) is 24.9. The van der Waals surface area contributed by atoms with Gasteiger partial charge in [-0.3, -0.25) is 9.59 Å².